The summed E-state index contributed by atoms with van der Waals surface area (Å²) in [6.45, 7) is 1.06. The Bertz CT molecular complexity index is 535. The molecule has 2 aliphatic rings. The Labute approximate surface area is 110 Å². The largest absolute Gasteiger partial charge is 0.495 e. The van der Waals surface area contributed by atoms with Gasteiger partial charge in [-0.15, -0.1) is 0 Å². The van der Waals surface area contributed by atoms with Gasteiger partial charge in [0.15, 0.2) is 0 Å². The van der Waals surface area contributed by atoms with Crippen molar-refractivity contribution in [1.82, 2.24) is 4.90 Å². The first-order valence-corrected chi connectivity index (χ1v) is 6.15. The molecule has 2 aliphatic heterocycles. The number of carbonyl (C=O) groups excluding carboxylic acids is 1. The van der Waals surface area contributed by atoms with Crippen LogP contribution in [0.1, 0.15) is 16.8 Å². The van der Waals surface area contributed by atoms with E-state index in [0.717, 1.165) is 12.5 Å². The van der Waals surface area contributed by atoms with E-state index in [0.29, 0.717) is 18.9 Å². The second-order valence-electron chi connectivity index (χ2n) is 4.88. The molecule has 5 nitrogen and oxygen atoms in total. The van der Waals surface area contributed by atoms with Crippen molar-refractivity contribution in [3.05, 3.63) is 23.5 Å². The van der Waals surface area contributed by atoms with Gasteiger partial charge in [-0.3, -0.25) is 4.79 Å². The van der Waals surface area contributed by atoms with E-state index in [-0.39, 0.29) is 29.3 Å². The van der Waals surface area contributed by atoms with Crippen LogP contribution in [0.25, 0.3) is 0 Å². The average molecular weight is 266 g/mol. The average Bonchev–Trinajstić information content (AvgIpc) is 3.00. The highest BCUT2D eigenvalue weighted by Gasteiger charge is 2.42. The lowest BCUT2D eigenvalue weighted by Gasteiger charge is -2.27. The van der Waals surface area contributed by atoms with Gasteiger partial charge in [0, 0.05) is 12.6 Å². The molecule has 0 spiro atoms. The first-order valence-electron chi connectivity index (χ1n) is 6.15. The summed E-state index contributed by atoms with van der Waals surface area (Å²) in [5.41, 5.74) is 5.79. The SMILES string of the molecule is COc1cc(C(=O)N2C[C@@H]3C[C@H]2CO3)c(F)cc1N. The van der Waals surface area contributed by atoms with E-state index in [9.17, 15) is 9.18 Å². The number of anilines is 1. The number of nitrogen functional groups attached to an aromatic ring is 1. The molecule has 0 saturated carbocycles. The van der Waals surface area contributed by atoms with Crippen LogP contribution in [0.2, 0.25) is 0 Å². The van der Waals surface area contributed by atoms with E-state index in [2.05, 4.69) is 0 Å². The molecule has 2 fully saturated rings. The van der Waals surface area contributed by atoms with Crippen LogP contribution in [0.3, 0.4) is 0 Å². The number of methoxy groups -OCH3 is 1. The van der Waals surface area contributed by atoms with E-state index < -0.39 is 5.82 Å². The number of halogens is 1. The number of ether oxygens (including phenoxy) is 2. The van der Waals surface area contributed by atoms with Crippen molar-refractivity contribution in [3.8, 4) is 5.75 Å². The number of nitrogens with zero attached hydrogens (tertiary/aromatic N) is 1. The van der Waals surface area contributed by atoms with Crippen LogP contribution in [0.15, 0.2) is 12.1 Å². The van der Waals surface area contributed by atoms with Crippen LogP contribution in [-0.2, 0) is 4.74 Å². The Morgan fingerprint density at radius 3 is 2.95 bits per heavy atom. The molecule has 2 atom stereocenters. The van der Waals surface area contributed by atoms with Gasteiger partial charge in [0.1, 0.15) is 11.6 Å². The summed E-state index contributed by atoms with van der Waals surface area (Å²) in [4.78, 5) is 14.0. The maximum absolute atomic E-state index is 13.9. The number of likely N-dealkylation sites (tertiary alicyclic amines) is 1. The Kier molecular flexibility index (Phi) is 2.82. The molecule has 0 unspecified atom stereocenters. The maximum Gasteiger partial charge on any atom is 0.257 e. The smallest absolute Gasteiger partial charge is 0.257 e. The van der Waals surface area contributed by atoms with Crippen molar-refractivity contribution in [1.29, 1.82) is 0 Å². The molecule has 1 amide bonds. The minimum absolute atomic E-state index is 0.00130. The summed E-state index contributed by atoms with van der Waals surface area (Å²) in [6.07, 6.45) is 0.923. The standard InChI is InChI=1S/C13H15FN2O3/c1-18-12-3-9(10(14)4-11(12)15)13(17)16-5-8-2-7(16)6-19-8/h3-4,7-8H,2,5-6,15H2,1H3/t7-,8-/m0/s1. The minimum atomic E-state index is -0.619. The molecule has 2 N–H and O–H groups in total. The zero-order valence-electron chi connectivity index (χ0n) is 10.6. The highest BCUT2D eigenvalue weighted by atomic mass is 19.1. The zero-order chi connectivity index (χ0) is 13.6. The fourth-order valence-electron chi connectivity index (χ4n) is 2.71. The van der Waals surface area contributed by atoms with Crippen LogP contribution in [-0.4, -0.2) is 43.2 Å². The lowest BCUT2D eigenvalue weighted by molar-refractivity contribution is 0.0256. The fraction of sp³-hybridized carbons (Fsp3) is 0.462. The second kappa shape index (κ2) is 4.38. The minimum Gasteiger partial charge on any atom is -0.495 e. The number of hydrogen-bond acceptors (Lipinski definition) is 4. The Balaban J connectivity index is 1.91. The third-order valence-corrected chi connectivity index (χ3v) is 3.71. The van der Waals surface area contributed by atoms with Crippen molar-refractivity contribution in [2.24, 2.45) is 0 Å². The van der Waals surface area contributed by atoms with Crippen molar-refractivity contribution >= 4 is 11.6 Å². The summed E-state index contributed by atoms with van der Waals surface area (Å²) in [5.74, 6) is -0.635. The topological polar surface area (TPSA) is 64.8 Å². The second-order valence-corrected chi connectivity index (χ2v) is 4.88. The van der Waals surface area contributed by atoms with E-state index in [1.165, 1.54) is 13.2 Å². The number of morpholine rings is 1. The van der Waals surface area contributed by atoms with Gasteiger partial charge in [-0.25, -0.2) is 4.39 Å². The summed E-state index contributed by atoms with van der Waals surface area (Å²) in [7, 11) is 1.43. The number of benzene rings is 1. The molecule has 6 heteroatoms. The molecular formula is C13H15FN2O3. The monoisotopic (exact) mass is 266 g/mol. The van der Waals surface area contributed by atoms with Crippen LogP contribution in [0, 0.1) is 5.82 Å². The van der Waals surface area contributed by atoms with Gasteiger partial charge in [0.25, 0.3) is 5.91 Å². The van der Waals surface area contributed by atoms with Gasteiger partial charge >= 0.3 is 0 Å². The van der Waals surface area contributed by atoms with Crippen molar-refractivity contribution in [2.45, 2.75) is 18.6 Å². The van der Waals surface area contributed by atoms with E-state index in [4.69, 9.17) is 15.2 Å². The number of amides is 1. The summed E-state index contributed by atoms with van der Waals surface area (Å²) in [5, 5.41) is 0. The van der Waals surface area contributed by atoms with Crippen LogP contribution >= 0.6 is 0 Å². The fourth-order valence-corrected chi connectivity index (χ4v) is 2.71. The zero-order valence-corrected chi connectivity index (χ0v) is 10.6. The van der Waals surface area contributed by atoms with Crippen molar-refractivity contribution < 1.29 is 18.7 Å². The van der Waals surface area contributed by atoms with Gasteiger partial charge < -0.3 is 20.1 Å². The molecule has 1 aromatic carbocycles. The number of nitrogens with two attached hydrogens (primary N) is 1. The lowest BCUT2D eigenvalue weighted by atomic mass is 10.1. The van der Waals surface area contributed by atoms with Crippen molar-refractivity contribution in [2.75, 3.05) is 26.0 Å². The molecule has 2 heterocycles. The Hall–Kier alpha value is -1.82. The van der Waals surface area contributed by atoms with Gasteiger partial charge in [-0.1, -0.05) is 0 Å². The van der Waals surface area contributed by atoms with Crippen LogP contribution in [0.4, 0.5) is 10.1 Å². The number of carbonyl (C=O) groups is 1. The third kappa shape index (κ3) is 1.92. The molecule has 2 bridgehead atoms. The number of hydrogen-bond donors (Lipinski definition) is 1. The number of fused-ring (bicyclic) bond motifs is 2. The Morgan fingerprint density at radius 1 is 1.58 bits per heavy atom. The molecule has 19 heavy (non-hydrogen) atoms. The quantitative estimate of drug-likeness (QED) is 0.812. The van der Waals surface area contributed by atoms with Gasteiger partial charge in [0.05, 0.1) is 37.1 Å². The lowest BCUT2D eigenvalue weighted by Crippen LogP contribution is -2.41. The van der Waals surface area contributed by atoms with Crippen molar-refractivity contribution in [3.63, 3.8) is 0 Å². The molecular weight excluding hydrogens is 251 g/mol. The van der Waals surface area contributed by atoms with E-state index in [1.54, 1.807) is 4.90 Å². The van der Waals surface area contributed by atoms with Gasteiger partial charge in [0.2, 0.25) is 0 Å². The normalized spacial score (nSPS) is 24.8. The van der Waals surface area contributed by atoms with Gasteiger partial charge in [-0.05, 0) is 12.5 Å². The predicted octanol–water partition coefficient (Wildman–Crippen LogP) is 1.03. The molecule has 2 saturated heterocycles. The summed E-state index contributed by atoms with van der Waals surface area (Å²) < 4.78 is 24.4. The molecule has 0 radical (unpaired) electrons. The van der Waals surface area contributed by atoms with Gasteiger partial charge in [-0.2, -0.15) is 0 Å². The molecule has 0 aromatic heterocycles. The van der Waals surface area contributed by atoms with E-state index >= 15 is 0 Å². The third-order valence-electron chi connectivity index (χ3n) is 3.71. The maximum atomic E-state index is 13.9. The predicted molar refractivity (Wildman–Crippen MR) is 66.5 cm³/mol. The van der Waals surface area contributed by atoms with E-state index in [1.807, 2.05) is 0 Å². The van der Waals surface area contributed by atoms with Crippen LogP contribution in [0.5, 0.6) is 5.75 Å². The Morgan fingerprint density at radius 2 is 2.37 bits per heavy atom. The highest BCUT2D eigenvalue weighted by molar-refractivity contribution is 5.96. The van der Waals surface area contributed by atoms with Crippen LogP contribution < -0.4 is 10.5 Å². The molecule has 0 aliphatic carbocycles. The first kappa shape index (κ1) is 12.2. The summed E-state index contributed by atoms with van der Waals surface area (Å²) >= 11 is 0. The first-order chi connectivity index (χ1) is 9.10. The molecule has 102 valence electrons. The number of rotatable bonds is 2. The molecule has 1 aromatic rings. The summed E-state index contributed by atoms with van der Waals surface area (Å²) in [6, 6.07) is 2.54. The highest BCUT2D eigenvalue weighted by Crippen LogP contribution is 2.31. The molecule has 3 rings (SSSR count).